The standard InChI is InChI=1S/C17H19FN2/c1-19-11-14-10-13(7-8-16(14)18)15-6-2-4-12-5-3-9-20-17(12)15/h3,5,7-10,15,19H,2,4,6,11H2,1H3. The number of fused-ring (bicyclic) bond motifs is 1. The first kappa shape index (κ1) is 13.3. The van der Waals surface area contributed by atoms with Gasteiger partial charge >= 0.3 is 0 Å². The summed E-state index contributed by atoms with van der Waals surface area (Å²) in [6, 6.07) is 9.63. The third-order valence-electron chi connectivity index (χ3n) is 4.03. The molecule has 3 rings (SSSR count). The van der Waals surface area contributed by atoms with Crippen LogP contribution in [0.4, 0.5) is 4.39 Å². The summed E-state index contributed by atoms with van der Waals surface area (Å²) in [7, 11) is 1.84. The summed E-state index contributed by atoms with van der Waals surface area (Å²) in [5.74, 6) is 0.163. The first-order valence-electron chi connectivity index (χ1n) is 7.16. The highest BCUT2D eigenvalue weighted by atomic mass is 19.1. The van der Waals surface area contributed by atoms with Gasteiger partial charge in [0, 0.05) is 24.2 Å². The lowest BCUT2D eigenvalue weighted by atomic mass is 9.82. The van der Waals surface area contributed by atoms with Gasteiger partial charge in [0.1, 0.15) is 5.82 Å². The molecule has 0 spiro atoms. The van der Waals surface area contributed by atoms with Crippen LogP contribution in [0, 0.1) is 5.82 Å². The predicted molar refractivity (Wildman–Crippen MR) is 78.2 cm³/mol. The minimum absolute atomic E-state index is 0.139. The second-order valence-corrected chi connectivity index (χ2v) is 5.37. The SMILES string of the molecule is CNCc1cc(C2CCCc3cccnc32)ccc1F. The molecule has 1 aliphatic rings. The number of nitrogens with one attached hydrogen (secondary N) is 1. The van der Waals surface area contributed by atoms with Gasteiger partial charge in [-0.15, -0.1) is 0 Å². The zero-order valence-corrected chi connectivity index (χ0v) is 11.7. The number of aromatic nitrogens is 1. The third-order valence-corrected chi connectivity index (χ3v) is 4.03. The normalized spacial score (nSPS) is 17.8. The first-order valence-corrected chi connectivity index (χ1v) is 7.16. The maximum absolute atomic E-state index is 13.8. The van der Waals surface area contributed by atoms with Crippen LogP contribution in [0.1, 0.15) is 41.1 Å². The van der Waals surface area contributed by atoms with Gasteiger partial charge in [-0.2, -0.15) is 0 Å². The Bertz CT molecular complexity index is 610. The van der Waals surface area contributed by atoms with Gasteiger partial charge in [-0.25, -0.2) is 4.39 Å². The topological polar surface area (TPSA) is 24.9 Å². The molecule has 1 aromatic heterocycles. The van der Waals surface area contributed by atoms with Gasteiger partial charge < -0.3 is 5.32 Å². The molecule has 0 saturated carbocycles. The molecule has 1 unspecified atom stereocenters. The Morgan fingerprint density at radius 1 is 1.35 bits per heavy atom. The van der Waals surface area contributed by atoms with E-state index in [1.54, 1.807) is 6.07 Å². The molecule has 20 heavy (non-hydrogen) atoms. The van der Waals surface area contributed by atoms with E-state index in [4.69, 9.17) is 0 Å². The van der Waals surface area contributed by atoms with Gasteiger partial charge in [-0.05, 0) is 49.6 Å². The molecular formula is C17H19FN2. The van der Waals surface area contributed by atoms with Crippen molar-refractivity contribution in [1.29, 1.82) is 0 Å². The Balaban J connectivity index is 2.00. The van der Waals surface area contributed by atoms with E-state index in [0.29, 0.717) is 12.5 Å². The highest BCUT2D eigenvalue weighted by molar-refractivity contribution is 5.37. The van der Waals surface area contributed by atoms with Crippen LogP contribution in [-0.2, 0) is 13.0 Å². The summed E-state index contributed by atoms with van der Waals surface area (Å²) in [4.78, 5) is 4.57. The van der Waals surface area contributed by atoms with Crippen LogP contribution in [0.3, 0.4) is 0 Å². The fourth-order valence-corrected chi connectivity index (χ4v) is 3.07. The highest BCUT2D eigenvalue weighted by Crippen LogP contribution is 2.35. The van der Waals surface area contributed by atoms with Crippen molar-refractivity contribution in [1.82, 2.24) is 10.3 Å². The summed E-state index contributed by atoms with van der Waals surface area (Å²) < 4.78 is 13.8. The lowest BCUT2D eigenvalue weighted by Crippen LogP contribution is -2.14. The smallest absolute Gasteiger partial charge is 0.127 e. The van der Waals surface area contributed by atoms with Gasteiger partial charge in [0.2, 0.25) is 0 Å². The minimum atomic E-state index is -0.139. The highest BCUT2D eigenvalue weighted by Gasteiger charge is 2.23. The van der Waals surface area contributed by atoms with Crippen LogP contribution in [0.25, 0.3) is 0 Å². The second kappa shape index (κ2) is 5.71. The zero-order chi connectivity index (χ0) is 13.9. The molecule has 0 amide bonds. The molecule has 1 heterocycles. The van der Waals surface area contributed by atoms with E-state index in [-0.39, 0.29) is 5.82 Å². The maximum atomic E-state index is 13.8. The molecule has 1 aliphatic carbocycles. The van der Waals surface area contributed by atoms with Gasteiger partial charge in [-0.1, -0.05) is 18.2 Å². The Kier molecular flexibility index (Phi) is 3.79. The Hall–Kier alpha value is -1.74. The number of hydrogen-bond acceptors (Lipinski definition) is 2. The number of nitrogens with zero attached hydrogens (tertiary/aromatic N) is 1. The Labute approximate surface area is 119 Å². The van der Waals surface area contributed by atoms with Crippen molar-refractivity contribution >= 4 is 0 Å². The third kappa shape index (κ3) is 2.46. The summed E-state index contributed by atoms with van der Waals surface area (Å²) >= 11 is 0. The summed E-state index contributed by atoms with van der Waals surface area (Å²) in [6.45, 7) is 0.557. The van der Waals surface area contributed by atoms with E-state index in [2.05, 4.69) is 16.4 Å². The van der Waals surface area contributed by atoms with Crippen LogP contribution >= 0.6 is 0 Å². The van der Waals surface area contributed by atoms with Crippen molar-refractivity contribution < 1.29 is 4.39 Å². The number of halogens is 1. The molecule has 1 atom stereocenters. The monoisotopic (exact) mass is 270 g/mol. The molecule has 1 aromatic carbocycles. The van der Waals surface area contributed by atoms with Crippen LogP contribution in [0.5, 0.6) is 0 Å². The average Bonchev–Trinajstić information content (AvgIpc) is 2.49. The number of benzene rings is 1. The Morgan fingerprint density at radius 2 is 2.25 bits per heavy atom. The number of rotatable bonds is 3. The van der Waals surface area contributed by atoms with E-state index in [9.17, 15) is 4.39 Å². The van der Waals surface area contributed by atoms with Crippen LogP contribution in [0.2, 0.25) is 0 Å². The van der Waals surface area contributed by atoms with E-state index in [0.717, 1.165) is 18.4 Å². The van der Waals surface area contributed by atoms with Crippen molar-refractivity contribution in [2.45, 2.75) is 31.7 Å². The van der Waals surface area contributed by atoms with Gasteiger partial charge in [-0.3, -0.25) is 4.98 Å². The van der Waals surface area contributed by atoms with Crippen LogP contribution in [-0.4, -0.2) is 12.0 Å². The van der Waals surface area contributed by atoms with Crippen molar-refractivity contribution in [3.8, 4) is 0 Å². The fourth-order valence-electron chi connectivity index (χ4n) is 3.07. The largest absolute Gasteiger partial charge is 0.316 e. The zero-order valence-electron chi connectivity index (χ0n) is 11.7. The van der Waals surface area contributed by atoms with Gasteiger partial charge in [0.15, 0.2) is 0 Å². The molecule has 2 aromatic rings. The molecule has 0 radical (unpaired) electrons. The number of aryl methyl sites for hydroxylation is 1. The maximum Gasteiger partial charge on any atom is 0.127 e. The number of hydrogen-bond donors (Lipinski definition) is 1. The van der Waals surface area contributed by atoms with Crippen molar-refractivity contribution in [2.24, 2.45) is 0 Å². The van der Waals surface area contributed by atoms with E-state index >= 15 is 0 Å². The first-order chi connectivity index (χ1) is 9.79. The van der Waals surface area contributed by atoms with Crippen LogP contribution in [0.15, 0.2) is 36.5 Å². The molecule has 0 saturated heterocycles. The summed E-state index contributed by atoms with van der Waals surface area (Å²) in [6.07, 6.45) is 5.22. The van der Waals surface area contributed by atoms with Gasteiger partial charge in [0.25, 0.3) is 0 Å². The average molecular weight is 270 g/mol. The second-order valence-electron chi connectivity index (χ2n) is 5.37. The Morgan fingerprint density at radius 3 is 3.10 bits per heavy atom. The van der Waals surface area contributed by atoms with E-state index in [1.807, 2.05) is 31.4 Å². The predicted octanol–water partition coefficient (Wildman–Crippen LogP) is 3.41. The van der Waals surface area contributed by atoms with Gasteiger partial charge in [0.05, 0.1) is 5.69 Å². The summed E-state index contributed by atoms with van der Waals surface area (Å²) in [5.41, 5.74) is 4.41. The lowest BCUT2D eigenvalue weighted by Gasteiger charge is -2.25. The fraction of sp³-hybridized carbons (Fsp3) is 0.353. The van der Waals surface area contributed by atoms with Crippen molar-refractivity contribution in [2.75, 3.05) is 7.05 Å². The quantitative estimate of drug-likeness (QED) is 0.924. The molecule has 2 nitrogen and oxygen atoms in total. The van der Waals surface area contributed by atoms with E-state index in [1.165, 1.54) is 23.2 Å². The molecule has 0 bridgehead atoms. The van der Waals surface area contributed by atoms with Crippen LogP contribution < -0.4 is 5.32 Å². The molecule has 0 fully saturated rings. The number of pyridine rings is 1. The minimum Gasteiger partial charge on any atom is -0.316 e. The molecule has 104 valence electrons. The molecule has 0 aliphatic heterocycles. The summed E-state index contributed by atoms with van der Waals surface area (Å²) in [5, 5.41) is 3.02. The van der Waals surface area contributed by atoms with Crippen molar-refractivity contribution in [3.05, 3.63) is 64.7 Å². The lowest BCUT2D eigenvalue weighted by molar-refractivity contribution is 0.583. The molecule has 1 N–H and O–H groups in total. The molecule has 3 heteroatoms. The van der Waals surface area contributed by atoms with E-state index < -0.39 is 0 Å². The van der Waals surface area contributed by atoms with Crippen molar-refractivity contribution in [3.63, 3.8) is 0 Å². The molecular weight excluding hydrogens is 251 g/mol.